The first kappa shape index (κ1) is 17.9. The van der Waals surface area contributed by atoms with Crippen LogP contribution in [0.5, 0.6) is 0 Å². The van der Waals surface area contributed by atoms with Gasteiger partial charge in [-0.15, -0.1) is 11.3 Å². The van der Waals surface area contributed by atoms with Crippen LogP contribution in [0.1, 0.15) is 9.67 Å². The monoisotopic (exact) mass is 392 g/mol. The van der Waals surface area contributed by atoms with Crippen LogP contribution in [0.2, 0.25) is 0 Å². The third-order valence-electron chi connectivity index (χ3n) is 4.49. The number of rotatable bonds is 4. The average molecular weight is 392 g/mol. The number of aromatic nitrogens is 1. The van der Waals surface area contributed by atoms with Gasteiger partial charge < -0.3 is 14.6 Å². The second-order valence-electron chi connectivity index (χ2n) is 6.15. The topological polar surface area (TPSA) is 77.4 Å². The van der Waals surface area contributed by atoms with Crippen LogP contribution >= 0.6 is 11.3 Å². The molecule has 0 atom stereocenters. The van der Waals surface area contributed by atoms with Gasteiger partial charge in [-0.25, -0.2) is 4.79 Å². The maximum absolute atomic E-state index is 12.8. The molecule has 0 radical (unpaired) electrons. The highest BCUT2D eigenvalue weighted by atomic mass is 32.1. The summed E-state index contributed by atoms with van der Waals surface area (Å²) in [4.78, 5) is 37.7. The molecule has 0 fully saturated rings. The van der Waals surface area contributed by atoms with Crippen molar-refractivity contribution < 1.29 is 14.3 Å². The number of carbonyl (C=O) groups is 2. The minimum absolute atomic E-state index is 0.00222. The van der Waals surface area contributed by atoms with Crippen molar-refractivity contribution in [2.45, 2.75) is 6.54 Å². The lowest BCUT2D eigenvalue weighted by Gasteiger charge is -2.15. The van der Waals surface area contributed by atoms with E-state index in [1.807, 2.05) is 28.8 Å². The maximum Gasteiger partial charge on any atom is 0.350 e. The smallest absolute Gasteiger partial charge is 0.350 e. The Balaban J connectivity index is 1.76. The molecular weight excluding hydrogens is 376 g/mol. The standard InChI is InChI=1S/C21H16N2O4S/c1-27-21(26)20-15(10-11-28-20)22-18(24)12-23-16-8-4-2-6-13(16)19(25)14-7-3-5-9-17(14)23/h2-11H,12H2,1H3,(H,22,24). The van der Waals surface area contributed by atoms with Gasteiger partial charge in [-0.2, -0.15) is 0 Å². The fourth-order valence-electron chi connectivity index (χ4n) is 3.24. The number of amides is 1. The molecule has 2 heterocycles. The van der Waals surface area contributed by atoms with Gasteiger partial charge in [0.1, 0.15) is 11.4 Å². The van der Waals surface area contributed by atoms with Crippen molar-refractivity contribution in [3.8, 4) is 0 Å². The van der Waals surface area contributed by atoms with Crippen LogP contribution in [0.3, 0.4) is 0 Å². The van der Waals surface area contributed by atoms with Gasteiger partial charge in [-0.05, 0) is 35.7 Å². The highest BCUT2D eigenvalue weighted by Gasteiger charge is 2.17. The van der Waals surface area contributed by atoms with Gasteiger partial charge in [0.05, 0.1) is 23.8 Å². The second kappa shape index (κ2) is 7.28. The summed E-state index contributed by atoms with van der Waals surface area (Å²) in [6.07, 6.45) is 0. The predicted octanol–water partition coefficient (Wildman–Crippen LogP) is 3.64. The van der Waals surface area contributed by atoms with Gasteiger partial charge in [0.15, 0.2) is 5.43 Å². The highest BCUT2D eigenvalue weighted by Crippen LogP contribution is 2.24. The molecule has 0 aliphatic rings. The Bertz CT molecular complexity index is 1210. The van der Waals surface area contributed by atoms with E-state index in [4.69, 9.17) is 4.74 Å². The Morgan fingerprint density at radius 3 is 2.21 bits per heavy atom. The summed E-state index contributed by atoms with van der Waals surface area (Å²) in [5.74, 6) is -0.799. The van der Waals surface area contributed by atoms with E-state index >= 15 is 0 Å². The molecule has 7 heteroatoms. The summed E-state index contributed by atoms with van der Waals surface area (Å²) in [7, 11) is 1.30. The number of para-hydroxylation sites is 2. The van der Waals surface area contributed by atoms with Crippen molar-refractivity contribution in [1.29, 1.82) is 0 Å². The number of esters is 1. The van der Waals surface area contributed by atoms with Gasteiger partial charge in [0.25, 0.3) is 0 Å². The molecule has 140 valence electrons. The minimum atomic E-state index is -0.496. The van der Waals surface area contributed by atoms with Crippen molar-refractivity contribution in [1.82, 2.24) is 4.57 Å². The molecule has 0 saturated carbocycles. The Morgan fingerprint density at radius 2 is 1.61 bits per heavy atom. The molecule has 2 aromatic heterocycles. The van der Waals surface area contributed by atoms with E-state index in [9.17, 15) is 14.4 Å². The first-order chi connectivity index (χ1) is 13.6. The third kappa shape index (κ3) is 3.05. The molecule has 4 aromatic rings. The number of hydrogen-bond donors (Lipinski definition) is 1. The molecular formula is C21H16N2O4S. The van der Waals surface area contributed by atoms with Crippen molar-refractivity contribution >= 4 is 50.7 Å². The lowest BCUT2D eigenvalue weighted by molar-refractivity contribution is -0.116. The van der Waals surface area contributed by atoms with Gasteiger partial charge in [-0.3, -0.25) is 9.59 Å². The Morgan fingerprint density at radius 1 is 1.00 bits per heavy atom. The van der Waals surface area contributed by atoms with Gasteiger partial charge in [0, 0.05) is 10.8 Å². The SMILES string of the molecule is COC(=O)c1sccc1NC(=O)Cn1c2ccccc2c(=O)c2ccccc21. The van der Waals surface area contributed by atoms with E-state index in [1.54, 1.807) is 35.7 Å². The normalized spacial score (nSPS) is 10.9. The number of hydrogen-bond acceptors (Lipinski definition) is 5. The molecule has 0 aliphatic carbocycles. The zero-order valence-electron chi connectivity index (χ0n) is 15.0. The molecule has 0 aliphatic heterocycles. The summed E-state index contributed by atoms with van der Waals surface area (Å²) < 4.78 is 6.55. The number of methoxy groups -OCH3 is 1. The van der Waals surface area contributed by atoms with Gasteiger partial charge >= 0.3 is 5.97 Å². The van der Waals surface area contributed by atoms with E-state index in [1.165, 1.54) is 18.4 Å². The minimum Gasteiger partial charge on any atom is -0.465 e. The largest absolute Gasteiger partial charge is 0.465 e. The molecule has 0 bridgehead atoms. The van der Waals surface area contributed by atoms with Gasteiger partial charge in [0.2, 0.25) is 5.91 Å². The molecule has 1 amide bonds. The quantitative estimate of drug-likeness (QED) is 0.425. The summed E-state index contributed by atoms with van der Waals surface area (Å²) >= 11 is 1.20. The summed E-state index contributed by atoms with van der Waals surface area (Å²) in [5, 5.41) is 5.59. The lowest BCUT2D eigenvalue weighted by Crippen LogP contribution is -2.22. The first-order valence-corrected chi connectivity index (χ1v) is 9.44. The molecule has 0 unspecified atom stereocenters. The molecule has 0 saturated heterocycles. The number of carbonyl (C=O) groups excluding carboxylic acids is 2. The van der Waals surface area contributed by atoms with E-state index in [-0.39, 0.29) is 17.9 Å². The number of nitrogens with one attached hydrogen (secondary N) is 1. The van der Waals surface area contributed by atoms with Crippen LogP contribution in [0, 0.1) is 0 Å². The molecule has 1 N–H and O–H groups in total. The number of ether oxygens (including phenoxy) is 1. The molecule has 4 rings (SSSR count). The molecule has 28 heavy (non-hydrogen) atoms. The maximum atomic E-state index is 12.8. The molecule has 2 aromatic carbocycles. The van der Waals surface area contributed by atoms with Crippen LogP contribution in [0.25, 0.3) is 21.8 Å². The lowest BCUT2D eigenvalue weighted by atomic mass is 10.1. The van der Waals surface area contributed by atoms with Crippen molar-refractivity contribution in [2.75, 3.05) is 12.4 Å². The van der Waals surface area contributed by atoms with Crippen molar-refractivity contribution in [2.24, 2.45) is 0 Å². The summed E-state index contributed by atoms with van der Waals surface area (Å²) in [5.41, 5.74) is 1.71. The average Bonchev–Trinajstić information content (AvgIpc) is 3.18. The van der Waals surface area contributed by atoms with E-state index in [2.05, 4.69) is 5.32 Å². The van der Waals surface area contributed by atoms with E-state index in [0.717, 1.165) is 0 Å². The highest BCUT2D eigenvalue weighted by molar-refractivity contribution is 7.12. The van der Waals surface area contributed by atoms with Crippen LogP contribution in [0.4, 0.5) is 5.69 Å². The van der Waals surface area contributed by atoms with Crippen molar-refractivity contribution in [3.05, 3.63) is 75.1 Å². The molecule has 0 spiro atoms. The molecule has 6 nitrogen and oxygen atoms in total. The van der Waals surface area contributed by atoms with Gasteiger partial charge in [-0.1, -0.05) is 24.3 Å². The number of thiophene rings is 1. The number of pyridine rings is 1. The fraction of sp³-hybridized carbons (Fsp3) is 0.0952. The first-order valence-electron chi connectivity index (χ1n) is 8.56. The fourth-order valence-corrected chi connectivity index (χ4v) is 4.00. The Hall–Kier alpha value is -3.45. The van der Waals surface area contributed by atoms with Crippen LogP contribution in [-0.4, -0.2) is 23.6 Å². The van der Waals surface area contributed by atoms with E-state index < -0.39 is 5.97 Å². The third-order valence-corrected chi connectivity index (χ3v) is 5.39. The number of nitrogens with zero attached hydrogens (tertiary/aromatic N) is 1. The van der Waals surface area contributed by atoms with Crippen LogP contribution in [0.15, 0.2) is 64.8 Å². The van der Waals surface area contributed by atoms with Crippen LogP contribution in [-0.2, 0) is 16.1 Å². The Labute approximate surface area is 164 Å². The summed E-state index contributed by atoms with van der Waals surface area (Å²) in [6.45, 7) is -0.00222. The van der Waals surface area contributed by atoms with Crippen molar-refractivity contribution in [3.63, 3.8) is 0 Å². The second-order valence-corrected chi connectivity index (χ2v) is 7.07. The number of anilines is 1. The zero-order chi connectivity index (χ0) is 19.7. The van der Waals surface area contributed by atoms with E-state index in [0.29, 0.717) is 32.4 Å². The summed E-state index contributed by atoms with van der Waals surface area (Å²) in [6, 6.07) is 16.1. The number of benzene rings is 2. The number of fused-ring (bicyclic) bond motifs is 2. The Kier molecular flexibility index (Phi) is 4.67. The van der Waals surface area contributed by atoms with Crippen LogP contribution < -0.4 is 10.7 Å². The zero-order valence-corrected chi connectivity index (χ0v) is 15.8. The predicted molar refractivity (Wildman–Crippen MR) is 110 cm³/mol.